The summed E-state index contributed by atoms with van der Waals surface area (Å²) < 4.78 is 0. The van der Waals surface area contributed by atoms with Crippen molar-refractivity contribution >= 4 is 28.4 Å². The highest BCUT2D eigenvalue weighted by Gasteiger charge is 2.21. The number of urea groups is 1. The van der Waals surface area contributed by atoms with E-state index in [1.54, 1.807) is 20.8 Å². The summed E-state index contributed by atoms with van der Waals surface area (Å²) in [6.45, 7) is 5.23. The monoisotopic (exact) mass is 243 g/mol. The van der Waals surface area contributed by atoms with E-state index in [9.17, 15) is 9.59 Å². The minimum Gasteiger partial charge on any atom is -0.281 e. The van der Waals surface area contributed by atoms with Gasteiger partial charge in [0.1, 0.15) is 5.51 Å². The molecule has 3 amide bonds. The molecule has 0 atom stereocenters. The van der Waals surface area contributed by atoms with Gasteiger partial charge in [-0.2, -0.15) is 0 Å². The number of carbonyl (C=O) groups excluding carboxylic acids is 2. The van der Waals surface area contributed by atoms with Crippen LogP contribution < -0.4 is 16.2 Å². The van der Waals surface area contributed by atoms with Gasteiger partial charge in [-0.1, -0.05) is 32.1 Å². The largest absolute Gasteiger partial charge is 0.339 e. The molecule has 0 aliphatic heterocycles. The minimum atomic E-state index is -0.561. The summed E-state index contributed by atoms with van der Waals surface area (Å²) in [6.07, 6.45) is 0. The van der Waals surface area contributed by atoms with Gasteiger partial charge < -0.3 is 0 Å². The molecule has 88 valence electrons. The smallest absolute Gasteiger partial charge is 0.281 e. The average Bonchev–Trinajstić information content (AvgIpc) is 2.65. The van der Waals surface area contributed by atoms with Gasteiger partial charge in [0.25, 0.3) is 0 Å². The molecule has 0 bridgehead atoms. The molecule has 0 saturated carbocycles. The normalized spacial score (nSPS) is 10.7. The second-order valence-electron chi connectivity index (χ2n) is 4.03. The molecule has 0 fully saturated rings. The van der Waals surface area contributed by atoms with Gasteiger partial charge in [-0.25, -0.2) is 10.2 Å². The molecule has 8 heteroatoms. The lowest BCUT2D eigenvalue weighted by atomic mass is 9.96. The number of nitrogens with one attached hydrogen (secondary N) is 3. The van der Waals surface area contributed by atoms with Crippen LogP contribution in [0.1, 0.15) is 20.8 Å². The second kappa shape index (κ2) is 4.88. The van der Waals surface area contributed by atoms with E-state index in [2.05, 4.69) is 26.4 Å². The molecule has 7 nitrogen and oxygen atoms in total. The third kappa shape index (κ3) is 3.81. The fraction of sp³-hybridized carbons (Fsp3) is 0.500. The zero-order chi connectivity index (χ0) is 12.2. The van der Waals surface area contributed by atoms with Crippen LogP contribution in [0.2, 0.25) is 0 Å². The Morgan fingerprint density at radius 2 is 2.00 bits per heavy atom. The molecule has 3 N–H and O–H groups in total. The highest BCUT2D eigenvalue weighted by molar-refractivity contribution is 7.13. The maximum atomic E-state index is 11.4. The van der Waals surface area contributed by atoms with E-state index in [4.69, 9.17) is 0 Å². The van der Waals surface area contributed by atoms with E-state index in [-0.39, 0.29) is 5.91 Å². The Morgan fingerprint density at radius 1 is 1.31 bits per heavy atom. The maximum Gasteiger partial charge on any atom is 0.339 e. The third-order valence-electron chi connectivity index (χ3n) is 1.55. The summed E-state index contributed by atoms with van der Waals surface area (Å²) in [6, 6.07) is -0.561. The highest BCUT2D eigenvalue weighted by atomic mass is 32.1. The van der Waals surface area contributed by atoms with Gasteiger partial charge in [-0.05, 0) is 0 Å². The topological polar surface area (TPSA) is 96.0 Å². The fourth-order valence-corrected chi connectivity index (χ4v) is 1.10. The van der Waals surface area contributed by atoms with Gasteiger partial charge >= 0.3 is 6.03 Å². The van der Waals surface area contributed by atoms with Crippen molar-refractivity contribution < 1.29 is 9.59 Å². The Hall–Kier alpha value is -1.70. The first-order chi connectivity index (χ1) is 7.39. The first-order valence-corrected chi connectivity index (χ1v) is 5.41. The number of carbonyl (C=O) groups is 2. The summed E-state index contributed by atoms with van der Waals surface area (Å²) in [7, 11) is 0. The summed E-state index contributed by atoms with van der Waals surface area (Å²) in [5, 5.41) is 9.94. The van der Waals surface area contributed by atoms with Crippen LogP contribution >= 0.6 is 11.3 Å². The number of hydrogen-bond acceptors (Lipinski definition) is 5. The van der Waals surface area contributed by atoms with Crippen molar-refractivity contribution in [3.63, 3.8) is 0 Å². The van der Waals surface area contributed by atoms with E-state index in [0.29, 0.717) is 5.13 Å². The molecule has 1 heterocycles. The Labute approximate surface area is 96.6 Å². The molecule has 16 heavy (non-hydrogen) atoms. The minimum absolute atomic E-state index is 0.278. The van der Waals surface area contributed by atoms with Crippen LogP contribution in [-0.4, -0.2) is 22.1 Å². The van der Waals surface area contributed by atoms with Crippen LogP contribution in [0, 0.1) is 5.41 Å². The van der Waals surface area contributed by atoms with E-state index in [0.717, 1.165) is 0 Å². The Bertz CT molecular complexity index is 370. The Morgan fingerprint density at radius 3 is 2.50 bits per heavy atom. The highest BCUT2D eigenvalue weighted by Crippen LogP contribution is 2.11. The molecule has 1 aromatic rings. The molecule has 0 aromatic carbocycles. The van der Waals surface area contributed by atoms with Crippen molar-refractivity contribution in [2.24, 2.45) is 5.41 Å². The van der Waals surface area contributed by atoms with Gasteiger partial charge in [-0.3, -0.25) is 15.5 Å². The van der Waals surface area contributed by atoms with Crippen LogP contribution in [0.3, 0.4) is 0 Å². The van der Waals surface area contributed by atoms with Gasteiger partial charge in [0.05, 0.1) is 0 Å². The zero-order valence-electron chi connectivity index (χ0n) is 9.20. The van der Waals surface area contributed by atoms with E-state index < -0.39 is 11.4 Å². The lowest BCUT2D eigenvalue weighted by Crippen LogP contribution is -2.48. The van der Waals surface area contributed by atoms with Crippen LogP contribution in [0.25, 0.3) is 0 Å². The molecule has 0 radical (unpaired) electrons. The van der Waals surface area contributed by atoms with Crippen molar-refractivity contribution in [3.05, 3.63) is 5.51 Å². The lowest BCUT2D eigenvalue weighted by molar-refractivity contribution is -0.129. The second-order valence-corrected chi connectivity index (χ2v) is 4.86. The molecule has 0 unspecified atom stereocenters. The summed E-state index contributed by atoms with van der Waals surface area (Å²) in [4.78, 5) is 22.6. The van der Waals surface area contributed by atoms with Gasteiger partial charge in [-0.15, -0.1) is 10.2 Å². The standard InChI is InChI=1S/C8H13N5O2S/c1-8(2,3)5(14)11-12-6(15)10-7-13-9-4-16-7/h4H,1-3H3,(H,11,14)(H2,10,12,13,15). The van der Waals surface area contributed by atoms with Crippen LogP contribution in [0.5, 0.6) is 0 Å². The molecule has 1 aromatic heterocycles. The molecule has 1 rings (SSSR count). The van der Waals surface area contributed by atoms with Crippen molar-refractivity contribution in [3.8, 4) is 0 Å². The summed E-state index contributed by atoms with van der Waals surface area (Å²) in [5.74, 6) is -0.278. The lowest BCUT2D eigenvalue weighted by Gasteiger charge is -2.17. The van der Waals surface area contributed by atoms with E-state index in [1.165, 1.54) is 16.8 Å². The van der Waals surface area contributed by atoms with Crippen molar-refractivity contribution in [1.82, 2.24) is 21.0 Å². The number of aromatic nitrogens is 2. The van der Waals surface area contributed by atoms with Gasteiger partial charge in [0.15, 0.2) is 0 Å². The maximum absolute atomic E-state index is 11.4. The first kappa shape index (κ1) is 12.4. The summed E-state index contributed by atoms with van der Waals surface area (Å²) >= 11 is 1.18. The van der Waals surface area contributed by atoms with E-state index in [1.807, 2.05) is 0 Å². The third-order valence-corrected chi connectivity index (χ3v) is 2.16. The number of anilines is 1. The number of hydrazine groups is 1. The van der Waals surface area contributed by atoms with Crippen molar-refractivity contribution in [1.29, 1.82) is 0 Å². The Kier molecular flexibility index (Phi) is 3.78. The van der Waals surface area contributed by atoms with Crippen LogP contribution in [0.15, 0.2) is 5.51 Å². The Balaban J connectivity index is 2.34. The fourth-order valence-electron chi connectivity index (χ4n) is 0.657. The molecule has 0 spiro atoms. The first-order valence-electron chi connectivity index (χ1n) is 4.53. The van der Waals surface area contributed by atoms with Gasteiger partial charge in [0, 0.05) is 5.41 Å². The SMILES string of the molecule is CC(C)(C)C(=O)NNC(=O)Nc1nncs1. The molecule has 0 saturated heterocycles. The molecular formula is C8H13N5O2S. The predicted octanol–water partition coefficient (Wildman–Crippen LogP) is 0.737. The van der Waals surface area contributed by atoms with Crippen LogP contribution in [0.4, 0.5) is 9.93 Å². The summed E-state index contributed by atoms with van der Waals surface area (Å²) in [5.41, 5.74) is 5.44. The number of rotatable bonds is 1. The number of amides is 3. The molecule has 0 aliphatic carbocycles. The van der Waals surface area contributed by atoms with Crippen molar-refractivity contribution in [2.45, 2.75) is 20.8 Å². The predicted molar refractivity (Wildman–Crippen MR) is 59.7 cm³/mol. The average molecular weight is 243 g/mol. The molecular weight excluding hydrogens is 230 g/mol. The van der Waals surface area contributed by atoms with E-state index >= 15 is 0 Å². The number of hydrogen-bond donors (Lipinski definition) is 3. The van der Waals surface area contributed by atoms with Crippen LogP contribution in [-0.2, 0) is 4.79 Å². The number of nitrogens with zero attached hydrogens (tertiary/aromatic N) is 2. The van der Waals surface area contributed by atoms with Gasteiger partial charge in [0.2, 0.25) is 11.0 Å². The molecule has 0 aliphatic rings. The quantitative estimate of drug-likeness (QED) is 0.634. The zero-order valence-corrected chi connectivity index (χ0v) is 10.0. The van der Waals surface area contributed by atoms with Crippen molar-refractivity contribution in [2.75, 3.05) is 5.32 Å².